The van der Waals surface area contributed by atoms with E-state index in [0.717, 1.165) is 10.5 Å². The first-order valence-electron chi connectivity index (χ1n) is 3.28. The number of hydrogen-bond donors (Lipinski definition) is 0. The molecular weight excluding hydrogens is 161 g/mol. The van der Waals surface area contributed by atoms with Crippen LogP contribution >= 0.6 is 11.8 Å². The maximum absolute atomic E-state index is 12.6. The van der Waals surface area contributed by atoms with E-state index in [2.05, 4.69) is 4.99 Å². The van der Waals surface area contributed by atoms with Crippen molar-refractivity contribution in [3.63, 3.8) is 0 Å². The molecule has 0 aliphatic carbocycles. The molecule has 1 aliphatic rings. The van der Waals surface area contributed by atoms with Crippen molar-refractivity contribution in [2.24, 2.45) is 4.99 Å². The second-order valence-corrected chi connectivity index (χ2v) is 3.25. The minimum atomic E-state index is -0.174. The molecule has 0 aromatic heterocycles. The molecular formula is C8H6FNS. The number of hydrogen-bond acceptors (Lipinski definition) is 2. The number of nitrogens with zero attached hydrogens (tertiary/aromatic N) is 1. The van der Waals surface area contributed by atoms with Crippen LogP contribution in [0.4, 0.5) is 4.39 Å². The lowest BCUT2D eigenvalue weighted by molar-refractivity contribution is 0.624. The summed E-state index contributed by atoms with van der Waals surface area (Å²) in [4.78, 5) is 5.05. The second-order valence-electron chi connectivity index (χ2n) is 2.27. The van der Waals surface area contributed by atoms with Crippen molar-refractivity contribution in [2.45, 2.75) is 4.90 Å². The SMILES string of the molecule is Fc1ccc2c(c1)SCN=C2. The molecule has 3 heteroatoms. The lowest BCUT2D eigenvalue weighted by atomic mass is 10.2. The first-order valence-corrected chi connectivity index (χ1v) is 4.27. The van der Waals surface area contributed by atoms with E-state index in [-0.39, 0.29) is 5.82 Å². The monoisotopic (exact) mass is 167 g/mol. The molecule has 2 rings (SSSR count). The zero-order valence-corrected chi connectivity index (χ0v) is 6.57. The van der Waals surface area contributed by atoms with Crippen LogP contribution < -0.4 is 0 Å². The number of thioether (sulfide) groups is 1. The van der Waals surface area contributed by atoms with E-state index in [9.17, 15) is 4.39 Å². The fourth-order valence-electron chi connectivity index (χ4n) is 0.982. The van der Waals surface area contributed by atoms with E-state index in [1.165, 1.54) is 6.07 Å². The van der Waals surface area contributed by atoms with Crippen LogP contribution in [0.3, 0.4) is 0 Å². The van der Waals surface area contributed by atoms with Gasteiger partial charge in [-0.25, -0.2) is 4.39 Å². The van der Waals surface area contributed by atoms with Crippen molar-refractivity contribution >= 4 is 18.0 Å². The zero-order valence-electron chi connectivity index (χ0n) is 5.75. The summed E-state index contributed by atoms with van der Waals surface area (Å²) in [7, 11) is 0. The fourth-order valence-corrected chi connectivity index (χ4v) is 1.75. The molecule has 0 unspecified atom stereocenters. The van der Waals surface area contributed by atoms with Crippen LogP contribution in [0.2, 0.25) is 0 Å². The summed E-state index contributed by atoms with van der Waals surface area (Å²) in [6.45, 7) is 0. The highest BCUT2D eigenvalue weighted by Gasteiger charge is 2.05. The summed E-state index contributed by atoms with van der Waals surface area (Å²) in [5, 5.41) is 0. The van der Waals surface area contributed by atoms with Crippen LogP contribution in [0.25, 0.3) is 0 Å². The normalized spacial score (nSPS) is 14.6. The molecule has 1 aromatic rings. The van der Waals surface area contributed by atoms with Gasteiger partial charge in [-0.15, -0.1) is 11.8 Å². The number of benzene rings is 1. The summed E-state index contributed by atoms with van der Waals surface area (Å²) in [6.07, 6.45) is 1.78. The van der Waals surface area contributed by atoms with Crippen LogP contribution in [0.5, 0.6) is 0 Å². The molecule has 0 bridgehead atoms. The van der Waals surface area contributed by atoms with E-state index >= 15 is 0 Å². The Kier molecular flexibility index (Phi) is 1.66. The first-order chi connectivity index (χ1) is 5.36. The minimum Gasteiger partial charge on any atom is -0.281 e. The summed E-state index contributed by atoms with van der Waals surface area (Å²) < 4.78 is 12.6. The minimum absolute atomic E-state index is 0.174. The lowest BCUT2D eigenvalue weighted by Gasteiger charge is -2.07. The molecule has 0 spiro atoms. The Balaban J connectivity index is 2.53. The maximum Gasteiger partial charge on any atom is 0.124 e. The van der Waals surface area contributed by atoms with Crippen molar-refractivity contribution in [3.05, 3.63) is 29.6 Å². The van der Waals surface area contributed by atoms with Gasteiger partial charge in [0.2, 0.25) is 0 Å². The Morgan fingerprint density at radius 1 is 1.45 bits per heavy atom. The van der Waals surface area contributed by atoms with Crippen LogP contribution in [0.1, 0.15) is 5.56 Å². The predicted molar refractivity (Wildman–Crippen MR) is 44.7 cm³/mol. The Bertz CT molecular complexity index is 309. The highest BCUT2D eigenvalue weighted by molar-refractivity contribution is 7.99. The van der Waals surface area contributed by atoms with Crippen LogP contribution in [-0.4, -0.2) is 12.1 Å². The molecule has 0 saturated carbocycles. The molecule has 0 atom stereocenters. The van der Waals surface area contributed by atoms with Gasteiger partial charge in [-0.1, -0.05) is 0 Å². The van der Waals surface area contributed by atoms with Gasteiger partial charge in [-0.3, -0.25) is 4.99 Å². The number of fused-ring (bicyclic) bond motifs is 1. The summed E-state index contributed by atoms with van der Waals surface area (Å²) in [5.41, 5.74) is 1.02. The third-order valence-corrected chi connectivity index (χ3v) is 2.44. The van der Waals surface area contributed by atoms with Crippen LogP contribution in [0.15, 0.2) is 28.1 Å². The Hall–Kier alpha value is -0.830. The largest absolute Gasteiger partial charge is 0.281 e. The molecule has 1 nitrogen and oxygen atoms in total. The summed E-state index contributed by atoms with van der Waals surface area (Å²) in [6, 6.07) is 4.75. The second kappa shape index (κ2) is 2.66. The van der Waals surface area contributed by atoms with Gasteiger partial charge < -0.3 is 0 Å². The molecule has 56 valence electrons. The highest BCUT2D eigenvalue weighted by atomic mass is 32.2. The molecule has 1 aromatic carbocycles. The maximum atomic E-state index is 12.6. The average Bonchev–Trinajstić information content (AvgIpc) is 2.04. The van der Waals surface area contributed by atoms with Gasteiger partial charge in [-0.05, 0) is 18.2 Å². The van der Waals surface area contributed by atoms with Gasteiger partial charge in [0, 0.05) is 16.7 Å². The Morgan fingerprint density at radius 3 is 3.27 bits per heavy atom. The zero-order chi connectivity index (χ0) is 7.68. The van der Waals surface area contributed by atoms with E-state index in [1.807, 2.05) is 0 Å². The van der Waals surface area contributed by atoms with Gasteiger partial charge in [0.15, 0.2) is 0 Å². The topological polar surface area (TPSA) is 12.4 Å². The molecule has 0 N–H and O–H groups in total. The van der Waals surface area contributed by atoms with E-state index in [4.69, 9.17) is 0 Å². The molecule has 0 amide bonds. The van der Waals surface area contributed by atoms with Crippen molar-refractivity contribution < 1.29 is 4.39 Å². The molecule has 0 radical (unpaired) electrons. The Labute approximate surface area is 68.3 Å². The van der Waals surface area contributed by atoms with E-state index < -0.39 is 0 Å². The van der Waals surface area contributed by atoms with Crippen molar-refractivity contribution in [1.82, 2.24) is 0 Å². The number of aliphatic imine (C=N–C) groups is 1. The smallest absolute Gasteiger partial charge is 0.124 e. The van der Waals surface area contributed by atoms with Crippen LogP contribution in [-0.2, 0) is 0 Å². The van der Waals surface area contributed by atoms with Crippen molar-refractivity contribution in [3.8, 4) is 0 Å². The quantitative estimate of drug-likeness (QED) is 0.577. The molecule has 1 aliphatic heterocycles. The third kappa shape index (κ3) is 1.28. The lowest BCUT2D eigenvalue weighted by Crippen LogP contribution is -1.93. The fraction of sp³-hybridized carbons (Fsp3) is 0.125. The van der Waals surface area contributed by atoms with Crippen molar-refractivity contribution in [2.75, 3.05) is 5.88 Å². The van der Waals surface area contributed by atoms with Gasteiger partial charge >= 0.3 is 0 Å². The predicted octanol–water partition coefficient (Wildman–Crippen LogP) is 2.31. The molecule has 1 heterocycles. The van der Waals surface area contributed by atoms with Gasteiger partial charge in [0.25, 0.3) is 0 Å². The van der Waals surface area contributed by atoms with Gasteiger partial charge in [-0.2, -0.15) is 0 Å². The molecule has 0 fully saturated rings. The number of rotatable bonds is 0. The Morgan fingerprint density at radius 2 is 2.36 bits per heavy atom. The number of halogens is 1. The van der Waals surface area contributed by atoms with Crippen molar-refractivity contribution in [1.29, 1.82) is 0 Å². The third-order valence-electron chi connectivity index (χ3n) is 1.50. The highest BCUT2D eigenvalue weighted by Crippen LogP contribution is 2.25. The standard InChI is InChI=1S/C8H6FNS/c9-7-2-1-6-4-10-5-11-8(6)3-7/h1-4H,5H2. The van der Waals surface area contributed by atoms with Gasteiger partial charge in [0.05, 0.1) is 5.88 Å². The first kappa shape index (κ1) is 6.85. The van der Waals surface area contributed by atoms with Gasteiger partial charge in [0.1, 0.15) is 5.82 Å². The van der Waals surface area contributed by atoms with E-state index in [1.54, 1.807) is 30.1 Å². The molecule has 0 saturated heterocycles. The van der Waals surface area contributed by atoms with Crippen LogP contribution in [0, 0.1) is 5.82 Å². The van der Waals surface area contributed by atoms with E-state index in [0.29, 0.717) is 5.88 Å². The summed E-state index contributed by atoms with van der Waals surface area (Å²) in [5.74, 6) is 0.530. The average molecular weight is 167 g/mol. The summed E-state index contributed by atoms with van der Waals surface area (Å²) >= 11 is 1.56. The molecule has 11 heavy (non-hydrogen) atoms.